The van der Waals surface area contributed by atoms with Crippen molar-refractivity contribution in [3.05, 3.63) is 62.5 Å². The number of aliphatic imine (C=N–C) groups is 1. The van der Waals surface area contributed by atoms with Crippen molar-refractivity contribution < 1.29 is 28.6 Å². The maximum Gasteiger partial charge on any atom is 0.338 e. The van der Waals surface area contributed by atoms with Gasteiger partial charge in [-0.15, -0.1) is 11.3 Å². The summed E-state index contributed by atoms with van der Waals surface area (Å²) in [5.74, 6) is -1.45. The van der Waals surface area contributed by atoms with E-state index < -0.39 is 23.8 Å². The van der Waals surface area contributed by atoms with Gasteiger partial charge in [-0.25, -0.2) is 14.2 Å². The summed E-state index contributed by atoms with van der Waals surface area (Å²) in [4.78, 5) is 35.9. The van der Waals surface area contributed by atoms with Gasteiger partial charge in [0.2, 0.25) is 0 Å². The zero-order valence-corrected chi connectivity index (χ0v) is 21.6. The van der Waals surface area contributed by atoms with Crippen LogP contribution < -0.4 is 5.32 Å². The topological polar surface area (TPSA) is 113 Å². The van der Waals surface area contributed by atoms with E-state index in [1.165, 1.54) is 30.6 Å². The van der Waals surface area contributed by atoms with Crippen molar-refractivity contribution in [3.63, 3.8) is 0 Å². The number of nitrogens with zero attached hydrogens (tertiary/aromatic N) is 3. The first-order valence-corrected chi connectivity index (χ1v) is 13.2. The van der Waals surface area contributed by atoms with Crippen LogP contribution in [0.4, 0.5) is 4.39 Å². The molecular formula is C25H26ClFN4O5S. The van der Waals surface area contributed by atoms with Crippen LogP contribution in [-0.2, 0) is 19.1 Å². The standard InChI is InChI=1S/C25H26ClFN4O5S/c1-35-25(34)21-19(10-31-15-6-13(8-20(32)33)7-16(31)12-36-11-15)29-23(24-28-4-5-37-24)30-22(21)14-2-3-17(26)18(27)9-14/h2-5,9,13,15-16,22H,6-8,10-12H2,1H3,(H,29,30)(H,32,33). The van der Waals surface area contributed by atoms with Crippen molar-refractivity contribution >= 4 is 40.7 Å². The van der Waals surface area contributed by atoms with Crippen LogP contribution in [0.5, 0.6) is 0 Å². The van der Waals surface area contributed by atoms with E-state index in [9.17, 15) is 19.1 Å². The summed E-state index contributed by atoms with van der Waals surface area (Å²) in [6.07, 6.45) is 3.15. The Morgan fingerprint density at radius 2 is 2.08 bits per heavy atom. The van der Waals surface area contributed by atoms with E-state index in [1.807, 2.05) is 5.38 Å². The third-order valence-corrected chi connectivity index (χ3v) is 8.09. The van der Waals surface area contributed by atoms with Crippen molar-refractivity contribution in [2.75, 3.05) is 26.9 Å². The number of hydrogen-bond donors (Lipinski definition) is 2. The van der Waals surface area contributed by atoms with Crippen molar-refractivity contribution in [1.29, 1.82) is 0 Å². The molecule has 1 aromatic carbocycles. The molecule has 3 aliphatic heterocycles. The summed E-state index contributed by atoms with van der Waals surface area (Å²) >= 11 is 7.31. The number of fused-ring (bicyclic) bond motifs is 2. The molecule has 1 aromatic heterocycles. The SMILES string of the molecule is COC(=O)C1=C(CN2C3COCC2CC(CC(=O)O)C3)NC(c2nccs2)=NC1c1ccc(Cl)c(F)c1. The molecule has 0 spiro atoms. The zero-order valence-electron chi connectivity index (χ0n) is 20.0. The van der Waals surface area contributed by atoms with E-state index in [-0.39, 0.29) is 35.0 Å². The number of halogens is 2. The smallest absolute Gasteiger partial charge is 0.338 e. The fourth-order valence-electron chi connectivity index (χ4n) is 5.40. The van der Waals surface area contributed by atoms with Crippen LogP contribution in [0.25, 0.3) is 0 Å². The lowest BCUT2D eigenvalue weighted by Gasteiger charge is -2.49. The Bertz CT molecular complexity index is 1240. The second kappa shape index (κ2) is 10.9. The van der Waals surface area contributed by atoms with Gasteiger partial charge in [0.15, 0.2) is 10.8 Å². The molecule has 0 saturated carbocycles. The molecule has 2 fully saturated rings. The van der Waals surface area contributed by atoms with Crippen molar-refractivity contribution in [2.45, 2.75) is 37.4 Å². The van der Waals surface area contributed by atoms with Crippen LogP contribution in [0, 0.1) is 11.7 Å². The molecule has 9 nitrogen and oxygen atoms in total. The van der Waals surface area contributed by atoms with Gasteiger partial charge in [-0.1, -0.05) is 17.7 Å². The number of piperidine rings is 1. The number of amidine groups is 1. The minimum Gasteiger partial charge on any atom is -0.481 e. The molecule has 196 valence electrons. The summed E-state index contributed by atoms with van der Waals surface area (Å²) in [5.41, 5.74) is 1.32. The van der Waals surface area contributed by atoms with Crippen molar-refractivity contribution in [2.24, 2.45) is 10.9 Å². The highest BCUT2D eigenvalue weighted by Crippen LogP contribution is 2.37. The number of thiazole rings is 1. The Kier molecular flexibility index (Phi) is 7.57. The Morgan fingerprint density at radius 3 is 2.70 bits per heavy atom. The van der Waals surface area contributed by atoms with E-state index in [4.69, 9.17) is 26.1 Å². The fourth-order valence-corrected chi connectivity index (χ4v) is 6.11. The summed E-state index contributed by atoms with van der Waals surface area (Å²) in [6.45, 7) is 1.32. The quantitative estimate of drug-likeness (QED) is 0.506. The number of carbonyl (C=O) groups is 2. The summed E-state index contributed by atoms with van der Waals surface area (Å²) in [5, 5.41) is 15.0. The number of aromatic nitrogens is 1. The number of methoxy groups -OCH3 is 1. The lowest BCUT2D eigenvalue weighted by atomic mass is 9.82. The van der Waals surface area contributed by atoms with E-state index in [0.717, 1.165) is 0 Å². The first-order valence-electron chi connectivity index (χ1n) is 11.9. The highest BCUT2D eigenvalue weighted by atomic mass is 35.5. The predicted octanol–water partition coefficient (Wildman–Crippen LogP) is 3.41. The predicted molar refractivity (Wildman–Crippen MR) is 135 cm³/mol. The number of hydrogen-bond acceptors (Lipinski definition) is 9. The Hall–Kier alpha value is -2.86. The normalized spacial score (nSPS) is 25.9. The van der Waals surface area contributed by atoms with Gasteiger partial charge in [0, 0.05) is 42.3 Å². The molecule has 0 amide bonds. The molecule has 3 aliphatic rings. The van der Waals surface area contributed by atoms with E-state index in [2.05, 4.69) is 15.2 Å². The number of carbonyl (C=O) groups excluding carboxylic acids is 1. The Balaban J connectivity index is 1.54. The average Bonchev–Trinajstić information content (AvgIpc) is 3.40. The molecule has 5 rings (SSSR count). The fraction of sp³-hybridized carbons (Fsp3) is 0.440. The van der Waals surface area contributed by atoms with Crippen molar-refractivity contribution in [1.82, 2.24) is 15.2 Å². The molecule has 12 heteroatoms. The first kappa shape index (κ1) is 25.8. The molecule has 2 aromatic rings. The van der Waals surface area contributed by atoms with Crippen LogP contribution in [-0.4, -0.2) is 71.7 Å². The molecule has 37 heavy (non-hydrogen) atoms. The summed E-state index contributed by atoms with van der Waals surface area (Å²) < 4.78 is 25.4. The Labute approximate surface area is 221 Å². The lowest BCUT2D eigenvalue weighted by molar-refractivity contribution is -0.141. The molecule has 2 N–H and O–H groups in total. The van der Waals surface area contributed by atoms with Gasteiger partial charge in [-0.05, 0) is 36.5 Å². The molecular weight excluding hydrogens is 523 g/mol. The molecule has 2 bridgehead atoms. The molecule has 3 unspecified atom stereocenters. The second-order valence-electron chi connectivity index (χ2n) is 9.35. The van der Waals surface area contributed by atoms with Crippen LogP contribution in [0.2, 0.25) is 5.02 Å². The van der Waals surface area contributed by atoms with Gasteiger partial charge in [0.05, 0.1) is 30.9 Å². The average molecular weight is 549 g/mol. The highest BCUT2D eigenvalue weighted by molar-refractivity contribution is 7.11. The lowest BCUT2D eigenvalue weighted by Crippen LogP contribution is -2.58. The maximum absolute atomic E-state index is 14.5. The molecule has 4 heterocycles. The van der Waals surface area contributed by atoms with Gasteiger partial charge >= 0.3 is 11.9 Å². The van der Waals surface area contributed by atoms with Gasteiger partial charge in [-0.2, -0.15) is 0 Å². The van der Waals surface area contributed by atoms with Crippen LogP contribution >= 0.6 is 22.9 Å². The third-order valence-electron chi connectivity index (χ3n) is 7.00. The van der Waals surface area contributed by atoms with Gasteiger partial charge < -0.3 is 19.9 Å². The number of nitrogens with one attached hydrogen (secondary N) is 1. The molecule has 0 radical (unpaired) electrons. The first-order chi connectivity index (χ1) is 17.8. The number of ether oxygens (including phenoxy) is 2. The molecule has 2 saturated heterocycles. The number of benzene rings is 1. The number of carboxylic acids is 1. The molecule has 0 aliphatic carbocycles. The number of rotatable bonds is 7. The van der Waals surface area contributed by atoms with Gasteiger partial charge in [0.25, 0.3) is 0 Å². The highest BCUT2D eigenvalue weighted by Gasteiger charge is 2.42. The maximum atomic E-state index is 14.5. The Morgan fingerprint density at radius 1 is 1.32 bits per heavy atom. The summed E-state index contributed by atoms with van der Waals surface area (Å²) in [7, 11) is 1.30. The number of morpholine rings is 1. The third kappa shape index (κ3) is 5.40. The largest absolute Gasteiger partial charge is 0.481 e. The monoisotopic (exact) mass is 548 g/mol. The number of esters is 1. The van der Waals surface area contributed by atoms with Gasteiger partial charge in [-0.3, -0.25) is 14.7 Å². The number of aliphatic carboxylic acids is 1. The second-order valence-corrected chi connectivity index (χ2v) is 10.7. The number of carboxylic acid groups (broad SMARTS) is 1. The molecule has 3 atom stereocenters. The minimum atomic E-state index is -0.838. The zero-order chi connectivity index (χ0) is 26.1. The van der Waals surface area contributed by atoms with Crippen LogP contribution in [0.3, 0.4) is 0 Å². The summed E-state index contributed by atoms with van der Waals surface area (Å²) in [6, 6.07) is 3.52. The van der Waals surface area contributed by atoms with Crippen molar-refractivity contribution in [3.8, 4) is 0 Å². The van der Waals surface area contributed by atoms with E-state index in [0.29, 0.717) is 54.7 Å². The minimum absolute atomic E-state index is 0.00125. The van der Waals surface area contributed by atoms with Gasteiger partial charge in [0.1, 0.15) is 11.9 Å². The van der Waals surface area contributed by atoms with E-state index in [1.54, 1.807) is 12.3 Å². The van der Waals surface area contributed by atoms with Crippen LogP contribution in [0.15, 0.2) is 46.0 Å². The van der Waals surface area contributed by atoms with Crippen LogP contribution in [0.1, 0.15) is 35.9 Å². The van der Waals surface area contributed by atoms with E-state index >= 15 is 0 Å².